The fraction of sp³-hybridized carbons (Fsp3) is 0.500. The number of nitriles is 1. The van der Waals surface area contributed by atoms with Gasteiger partial charge in [0.1, 0.15) is 17.9 Å². The van der Waals surface area contributed by atoms with Crippen LogP contribution in [-0.4, -0.2) is 43.7 Å². The summed E-state index contributed by atoms with van der Waals surface area (Å²) in [6, 6.07) is 3.61. The molecule has 2 heterocycles. The zero-order valence-electron chi connectivity index (χ0n) is 11.9. The minimum absolute atomic E-state index is 0.130. The maximum atomic E-state index is 12.0. The second-order valence-electron chi connectivity index (χ2n) is 4.79. The number of anilines is 1. The van der Waals surface area contributed by atoms with Gasteiger partial charge in [0.2, 0.25) is 5.91 Å². The standard InChI is InChI=1S/C14H18N4O2/c1-9-6-10(2)17-13(11(9)7-15)18-4-5-20-8-12(18)14(19)16-3/h6,12H,4-5,8H2,1-3H3,(H,16,19). The molecule has 1 aromatic rings. The Labute approximate surface area is 118 Å². The van der Waals surface area contributed by atoms with Crippen LogP contribution in [0.25, 0.3) is 0 Å². The quantitative estimate of drug-likeness (QED) is 0.850. The molecule has 0 aliphatic carbocycles. The number of aromatic nitrogens is 1. The fourth-order valence-electron chi connectivity index (χ4n) is 2.40. The van der Waals surface area contributed by atoms with Gasteiger partial charge in [-0.3, -0.25) is 4.79 Å². The van der Waals surface area contributed by atoms with E-state index in [0.29, 0.717) is 31.1 Å². The van der Waals surface area contributed by atoms with Gasteiger partial charge in [-0.2, -0.15) is 5.26 Å². The smallest absolute Gasteiger partial charge is 0.244 e. The Morgan fingerprint density at radius 2 is 2.35 bits per heavy atom. The van der Waals surface area contributed by atoms with Gasteiger partial charge in [-0.25, -0.2) is 4.98 Å². The predicted molar refractivity (Wildman–Crippen MR) is 74.4 cm³/mol. The van der Waals surface area contributed by atoms with E-state index in [1.54, 1.807) is 7.05 Å². The molecule has 0 radical (unpaired) electrons. The van der Waals surface area contributed by atoms with Crippen LogP contribution in [0.3, 0.4) is 0 Å². The number of nitrogens with one attached hydrogen (secondary N) is 1. The van der Waals surface area contributed by atoms with Crippen molar-refractivity contribution >= 4 is 11.7 Å². The van der Waals surface area contributed by atoms with E-state index in [0.717, 1.165) is 11.3 Å². The molecule has 1 aromatic heterocycles. The number of aryl methyl sites for hydroxylation is 2. The Kier molecular flexibility index (Phi) is 4.20. The van der Waals surface area contributed by atoms with E-state index in [4.69, 9.17) is 4.74 Å². The molecule has 1 aliphatic heterocycles. The van der Waals surface area contributed by atoms with E-state index >= 15 is 0 Å². The van der Waals surface area contributed by atoms with E-state index < -0.39 is 6.04 Å². The van der Waals surface area contributed by atoms with Crippen molar-refractivity contribution in [2.24, 2.45) is 0 Å². The molecule has 0 bridgehead atoms. The van der Waals surface area contributed by atoms with Gasteiger partial charge in [0.15, 0.2) is 0 Å². The van der Waals surface area contributed by atoms with Crippen molar-refractivity contribution in [2.45, 2.75) is 19.9 Å². The van der Waals surface area contributed by atoms with Gasteiger partial charge in [-0.15, -0.1) is 0 Å². The molecule has 1 N–H and O–H groups in total. The van der Waals surface area contributed by atoms with E-state index in [1.165, 1.54) is 0 Å². The first-order valence-corrected chi connectivity index (χ1v) is 6.52. The molecule has 0 spiro atoms. The van der Waals surface area contributed by atoms with Crippen LogP contribution in [-0.2, 0) is 9.53 Å². The van der Waals surface area contributed by atoms with Gasteiger partial charge in [0, 0.05) is 19.3 Å². The highest BCUT2D eigenvalue weighted by atomic mass is 16.5. The maximum Gasteiger partial charge on any atom is 0.244 e. The van der Waals surface area contributed by atoms with Crippen LogP contribution in [0.15, 0.2) is 6.07 Å². The summed E-state index contributed by atoms with van der Waals surface area (Å²) < 4.78 is 5.38. The molecule has 1 saturated heterocycles. The predicted octanol–water partition coefficient (Wildman–Crippen LogP) is 0.521. The summed E-state index contributed by atoms with van der Waals surface area (Å²) >= 11 is 0. The second-order valence-corrected chi connectivity index (χ2v) is 4.79. The first-order chi connectivity index (χ1) is 9.58. The van der Waals surface area contributed by atoms with Gasteiger partial charge in [0.25, 0.3) is 0 Å². The Morgan fingerprint density at radius 1 is 1.60 bits per heavy atom. The Morgan fingerprint density at radius 3 is 3.00 bits per heavy atom. The summed E-state index contributed by atoms with van der Waals surface area (Å²) in [6.45, 7) is 5.13. The maximum absolute atomic E-state index is 12.0. The summed E-state index contributed by atoms with van der Waals surface area (Å²) in [6.07, 6.45) is 0. The van der Waals surface area contributed by atoms with Crippen LogP contribution < -0.4 is 10.2 Å². The minimum atomic E-state index is -0.449. The average molecular weight is 274 g/mol. The Hall–Kier alpha value is -2.13. The molecule has 1 unspecified atom stereocenters. The van der Waals surface area contributed by atoms with Crippen molar-refractivity contribution in [2.75, 3.05) is 31.7 Å². The van der Waals surface area contributed by atoms with Crippen molar-refractivity contribution in [3.05, 3.63) is 22.9 Å². The Balaban J connectivity index is 2.47. The van der Waals surface area contributed by atoms with Gasteiger partial charge in [-0.1, -0.05) is 0 Å². The third kappa shape index (κ3) is 2.58. The highest BCUT2D eigenvalue weighted by molar-refractivity contribution is 5.85. The van der Waals surface area contributed by atoms with Gasteiger partial charge >= 0.3 is 0 Å². The Bertz CT molecular complexity index is 565. The summed E-state index contributed by atoms with van der Waals surface area (Å²) in [5, 5.41) is 12.0. The number of rotatable bonds is 2. The third-order valence-electron chi connectivity index (χ3n) is 3.39. The first kappa shape index (κ1) is 14.3. The summed E-state index contributed by atoms with van der Waals surface area (Å²) in [5.41, 5.74) is 2.22. The number of pyridine rings is 1. The molecule has 1 amide bonds. The molecule has 0 aromatic carbocycles. The number of hydrogen-bond acceptors (Lipinski definition) is 5. The zero-order chi connectivity index (χ0) is 14.7. The minimum Gasteiger partial charge on any atom is -0.377 e. The summed E-state index contributed by atoms with van der Waals surface area (Å²) in [4.78, 5) is 18.3. The van der Waals surface area contributed by atoms with Crippen LogP contribution in [0, 0.1) is 25.2 Å². The molecule has 2 rings (SSSR count). The van der Waals surface area contributed by atoms with Crippen LogP contribution in [0.5, 0.6) is 0 Å². The van der Waals surface area contributed by atoms with Crippen molar-refractivity contribution in [1.29, 1.82) is 5.26 Å². The lowest BCUT2D eigenvalue weighted by Crippen LogP contribution is -2.54. The number of ether oxygens (including phenoxy) is 1. The van der Waals surface area contributed by atoms with E-state index in [9.17, 15) is 10.1 Å². The molecule has 6 heteroatoms. The number of amides is 1. The number of nitrogens with zero attached hydrogens (tertiary/aromatic N) is 3. The molecule has 0 saturated carbocycles. The van der Waals surface area contributed by atoms with Crippen molar-refractivity contribution < 1.29 is 9.53 Å². The lowest BCUT2D eigenvalue weighted by atomic mass is 10.1. The zero-order valence-corrected chi connectivity index (χ0v) is 11.9. The number of carbonyl (C=O) groups excluding carboxylic acids is 1. The molecule has 1 fully saturated rings. The van der Waals surface area contributed by atoms with Crippen LogP contribution in [0.1, 0.15) is 16.8 Å². The number of hydrogen-bond donors (Lipinski definition) is 1. The second kappa shape index (κ2) is 5.88. The van der Waals surface area contributed by atoms with E-state index in [1.807, 2.05) is 24.8 Å². The van der Waals surface area contributed by atoms with Crippen molar-refractivity contribution in [1.82, 2.24) is 10.3 Å². The molecule has 1 atom stereocenters. The van der Waals surface area contributed by atoms with E-state index in [-0.39, 0.29) is 5.91 Å². The normalized spacial score (nSPS) is 18.5. The van der Waals surface area contributed by atoms with Crippen LogP contribution in [0.4, 0.5) is 5.82 Å². The fourth-order valence-corrected chi connectivity index (χ4v) is 2.40. The van der Waals surface area contributed by atoms with Crippen molar-refractivity contribution in [3.8, 4) is 6.07 Å². The monoisotopic (exact) mass is 274 g/mol. The molecule has 20 heavy (non-hydrogen) atoms. The molecular weight excluding hydrogens is 256 g/mol. The topological polar surface area (TPSA) is 78.2 Å². The first-order valence-electron chi connectivity index (χ1n) is 6.52. The van der Waals surface area contributed by atoms with Crippen molar-refractivity contribution in [3.63, 3.8) is 0 Å². The molecule has 6 nitrogen and oxygen atoms in total. The van der Waals surface area contributed by atoms with Crippen LogP contribution >= 0.6 is 0 Å². The number of likely N-dealkylation sites (N-methyl/N-ethyl adjacent to an activating group) is 1. The lowest BCUT2D eigenvalue weighted by molar-refractivity contribution is -0.124. The molecule has 1 aliphatic rings. The highest BCUT2D eigenvalue weighted by Crippen LogP contribution is 2.25. The largest absolute Gasteiger partial charge is 0.377 e. The summed E-state index contributed by atoms with van der Waals surface area (Å²) in [7, 11) is 1.59. The SMILES string of the molecule is CNC(=O)C1COCCN1c1nc(C)cc(C)c1C#N. The van der Waals surface area contributed by atoms with E-state index in [2.05, 4.69) is 16.4 Å². The van der Waals surface area contributed by atoms with Gasteiger partial charge < -0.3 is 15.0 Å². The van der Waals surface area contributed by atoms with Gasteiger partial charge in [0.05, 0.1) is 18.8 Å². The number of morpholine rings is 1. The third-order valence-corrected chi connectivity index (χ3v) is 3.39. The lowest BCUT2D eigenvalue weighted by Gasteiger charge is -2.35. The average Bonchev–Trinajstić information content (AvgIpc) is 2.45. The molecule has 106 valence electrons. The highest BCUT2D eigenvalue weighted by Gasteiger charge is 2.31. The van der Waals surface area contributed by atoms with Gasteiger partial charge in [-0.05, 0) is 25.5 Å². The summed E-state index contributed by atoms with van der Waals surface area (Å²) in [5.74, 6) is 0.441. The van der Waals surface area contributed by atoms with Crippen LogP contribution in [0.2, 0.25) is 0 Å². The number of carbonyl (C=O) groups is 1. The molecular formula is C14H18N4O2.